The Bertz CT molecular complexity index is 414. The summed E-state index contributed by atoms with van der Waals surface area (Å²) in [5.74, 6) is -0.668. The molecule has 0 spiro atoms. The Hall–Kier alpha value is -1.10. The van der Waals surface area contributed by atoms with Gasteiger partial charge in [0, 0.05) is 5.56 Å². The second-order valence-electron chi connectivity index (χ2n) is 4.88. The van der Waals surface area contributed by atoms with Crippen LogP contribution in [-0.2, 0) is 6.18 Å². The molecular formula is C14H18F4O. The molecule has 0 saturated carbocycles. The van der Waals surface area contributed by atoms with Gasteiger partial charge in [-0.05, 0) is 30.5 Å². The monoisotopic (exact) mass is 278 g/mol. The summed E-state index contributed by atoms with van der Waals surface area (Å²) in [4.78, 5) is 0. The number of rotatable bonds is 5. The predicted octanol–water partition coefficient (Wildman–Crippen LogP) is 4.70. The molecule has 0 aromatic heterocycles. The molecule has 2 unspecified atom stereocenters. The highest BCUT2D eigenvalue weighted by atomic mass is 19.4. The maximum absolute atomic E-state index is 13.5. The van der Waals surface area contributed by atoms with Crippen LogP contribution in [0.25, 0.3) is 0 Å². The van der Waals surface area contributed by atoms with Gasteiger partial charge in [0.2, 0.25) is 0 Å². The first-order chi connectivity index (χ1) is 8.75. The number of halogens is 4. The lowest BCUT2D eigenvalue weighted by Crippen LogP contribution is -2.10. The molecule has 0 radical (unpaired) electrons. The van der Waals surface area contributed by atoms with Crippen LogP contribution in [0.1, 0.15) is 50.3 Å². The quantitative estimate of drug-likeness (QED) is 0.774. The van der Waals surface area contributed by atoms with Crippen molar-refractivity contribution < 1.29 is 22.7 Å². The zero-order chi connectivity index (χ0) is 14.6. The van der Waals surface area contributed by atoms with Crippen LogP contribution < -0.4 is 0 Å². The van der Waals surface area contributed by atoms with Crippen LogP contribution in [0.2, 0.25) is 0 Å². The standard InChI is InChI=1S/C14H18F4O/c1-3-4-9(2)7-13(19)11-8-10(14(16,17)18)5-6-12(11)15/h5-6,8-9,13,19H,3-4,7H2,1-2H3. The van der Waals surface area contributed by atoms with E-state index in [1.165, 1.54) is 0 Å². The van der Waals surface area contributed by atoms with E-state index in [2.05, 4.69) is 0 Å². The average molecular weight is 278 g/mol. The van der Waals surface area contributed by atoms with Crippen molar-refractivity contribution in [3.63, 3.8) is 0 Å². The van der Waals surface area contributed by atoms with Crippen LogP contribution in [-0.4, -0.2) is 5.11 Å². The maximum atomic E-state index is 13.5. The molecule has 19 heavy (non-hydrogen) atoms. The third kappa shape index (κ3) is 4.49. The molecule has 0 amide bonds. The van der Waals surface area contributed by atoms with E-state index in [9.17, 15) is 22.7 Å². The molecule has 1 N–H and O–H groups in total. The Morgan fingerprint density at radius 1 is 1.26 bits per heavy atom. The summed E-state index contributed by atoms with van der Waals surface area (Å²) < 4.78 is 51.1. The van der Waals surface area contributed by atoms with Crippen molar-refractivity contribution in [2.24, 2.45) is 5.92 Å². The molecule has 5 heteroatoms. The second kappa shape index (κ2) is 6.37. The van der Waals surface area contributed by atoms with Crippen LogP contribution in [0.3, 0.4) is 0 Å². The minimum atomic E-state index is -4.53. The Labute approximate surface area is 110 Å². The Morgan fingerprint density at radius 2 is 1.89 bits per heavy atom. The van der Waals surface area contributed by atoms with E-state index in [-0.39, 0.29) is 17.9 Å². The molecule has 0 fully saturated rings. The first kappa shape index (κ1) is 16.0. The summed E-state index contributed by atoms with van der Waals surface area (Å²) in [5, 5.41) is 9.88. The molecule has 0 aliphatic rings. The van der Waals surface area contributed by atoms with Gasteiger partial charge >= 0.3 is 6.18 Å². The fraction of sp³-hybridized carbons (Fsp3) is 0.571. The largest absolute Gasteiger partial charge is 0.416 e. The summed E-state index contributed by atoms with van der Waals surface area (Å²) in [6, 6.07) is 2.13. The predicted molar refractivity (Wildman–Crippen MR) is 65.1 cm³/mol. The van der Waals surface area contributed by atoms with Crippen LogP contribution in [0.4, 0.5) is 17.6 Å². The number of aliphatic hydroxyl groups is 1. The van der Waals surface area contributed by atoms with E-state index in [0.717, 1.165) is 18.9 Å². The summed E-state index contributed by atoms with van der Waals surface area (Å²) >= 11 is 0. The second-order valence-corrected chi connectivity index (χ2v) is 4.88. The molecule has 108 valence electrons. The van der Waals surface area contributed by atoms with Crippen molar-refractivity contribution in [2.75, 3.05) is 0 Å². The van der Waals surface area contributed by atoms with Gasteiger partial charge in [-0.2, -0.15) is 13.2 Å². The molecule has 0 aliphatic carbocycles. The van der Waals surface area contributed by atoms with E-state index in [1.807, 2.05) is 13.8 Å². The first-order valence-corrected chi connectivity index (χ1v) is 6.30. The summed E-state index contributed by atoms with van der Waals surface area (Å²) in [5.41, 5.74) is -1.22. The third-order valence-electron chi connectivity index (χ3n) is 3.09. The lowest BCUT2D eigenvalue weighted by atomic mass is 9.94. The summed E-state index contributed by atoms with van der Waals surface area (Å²) in [7, 11) is 0. The molecule has 0 aliphatic heterocycles. The van der Waals surface area contributed by atoms with Crippen molar-refractivity contribution in [3.05, 3.63) is 35.1 Å². The number of alkyl halides is 3. The van der Waals surface area contributed by atoms with Crippen LogP contribution >= 0.6 is 0 Å². The molecule has 1 aromatic carbocycles. The molecule has 0 bridgehead atoms. The zero-order valence-corrected chi connectivity index (χ0v) is 11.0. The van der Waals surface area contributed by atoms with Crippen molar-refractivity contribution in [3.8, 4) is 0 Å². The van der Waals surface area contributed by atoms with Crippen molar-refractivity contribution >= 4 is 0 Å². The van der Waals surface area contributed by atoms with Gasteiger partial charge in [0.15, 0.2) is 0 Å². The Balaban J connectivity index is 2.92. The highest BCUT2D eigenvalue weighted by molar-refractivity contribution is 5.28. The molecule has 1 aromatic rings. The SMILES string of the molecule is CCCC(C)CC(O)c1cc(C(F)(F)F)ccc1F. The number of aliphatic hydroxyl groups excluding tert-OH is 1. The minimum Gasteiger partial charge on any atom is -0.388 e. The van der Waals surface area contributed by atoms with Crippen LogP contribution in [0.15, 0.2) is 18.2 Å². The van der Waals surface area contributed by atoms with E-state index in [4.69, 9.17) is 0 Å². The summed E-state index contributed by atoms with van der Waals surface area (Å²) in [6.07, 6.45) is -3.72. The van der Waals surface area contributed by atoms with Crippen molar-refractivity contribution in [1.29, 1.82) is 0 Å². The van der Waals surface area contributed by atoms with Gasteiger partial charge in [-0.25, -0.2) is 4.39 Å². The molecule has 1 nitrogen and oxygen atoms in total. The van der Waals surface area contributed by atoms with Gasteiger partial charge in [-0.3, -0.25) is 0 Å². The lowest BCUT2D eigenvalue weighted by Gasteiger charge is -2.18. The highest BCUT2D eigenvalue weighted by Crippen LogP contribution is 2.33. The lowest BCUT2D eigenvalue weighted by molar-refractivity contribution is -0.137. The van der Waals surface area contributed by atoms with E-state index in [1.54, 1.807) is 0 Å². The van der Waals surface area contributed by atoms with Crippen LogP contribution in [0, 0.1) is 11.7 Å². The van der Waals surface area contributed by atoms with Gasteiger partial charge in [-0.1, -0.05) is 26.7 Å². The Morgan fingerprint density at radius 3 is 2.42 bits per heavy atom. The third-order valence-corrected chi connectivity index (χ3v) is 3.09. The van der Waals surface area contributed by atoms with E-state index >= 15 is 0 Å². The molecule has 0 saturated heterocycles. The fourth-order valence-electron chi connectivity index (χ4n) is 2.09. The zero-order valence-electron chi connectivity index (χ0n) is 11.0. The number of benzene rings is 1. The van der Waals surface area contributed by atoms with Gasteiger partial charge in [0.1, 0.15) is 5.82 Å². The van der Waals surface area contributed by atoms with Gasteiger partial charge in [-0.15, -0.1) is 0 Å². The van der Waals surface area contributed by atoms with Crippen molar-refractivity contribution in [2.45, 2.75) is 45.4 Å². The average Bonchev–Trinajstić information content (AvgIpc) is 2.27. The smallest absolute Gasteiger partial charge is 0.388 e. The molecule has 0 heterocycles. The topological polar surface area (TPSA) is 20.2 Å². The Kier molecular flexibility index (Phi) is 5.35. The maximum Gasteiger partial charge on any atom is 0.416 e. The van der Waals surface area contributed by atoms with Gasteiger partial charge < -0.3 is 5.11 Å². The number of hydrogen-bond acceptors (Lipinski definition) is 1. The molecular weight excluding hydrogens is 260 g/mol. The highest BCUT2D eigenvalue weighted by Gasteiger charge is 2.32. The van der Waals surface area contributed by atoms with E-state index < -0.39 is 23.7 Å². The normalized spacial score (nSPS) is 15.3. The molecule has 2 atom stereocenters. The van der Waals surface area contributed by atoms with Crippen molar-refractivity contribution in [1.82, 2.24) is 0 Å². The van der Waals surface area contributed by atoms with Crippen LogP contribution in [0.5, 0.6) is 0 Å². The summed E-state index contributed by atoms with van der Waals surface area (Å²) in [6.45, 7) is 3.87. The van der Waals surface area contributed by atoms with E-state index in [0.29, 0.717) is 12.1 Å². The van der Waals surface area contributed by atoms with Gasteiger partial charge in [0.25, 0.3) is 0 Å². The molecule has 1 rings (SSSR count). The fourth-order valence-corrected chi connectivity index (χ4v) is 2.09. The minimum absolute atomic E-state index is 0.133. The van der Waals surface area contributed by atoms with Gasteiger partial charge in [0.05, 0.1) is 11.7 Å². The first-order valence-electron chi connectivity index (χ1n) is 6.30. The number of hydrogen-bond donors (Lipinski definition) is 1.